The molecule has 1 aliphatic carbocycles. The number of anilines is 1. The van der Waals surface area contributed by atoms with Gasteiger partial charge in [0.2, 0.25) is 5.91 Å². The highest BCUT2D eigenvalue weighted by atomic mass is 16.1. The van der Waals surface area contributed by atoms with Crippen LogP contribution in [-0.4, -0.2) is 15.7 Å². The van der Waals surface area contributed by atoms with Crippen LogP contribution in [0.3, 0.4) is 0 Å². The molecule has 1 amide bonds. The SMILES string of the molecule is O=C(Nc1cnn(-c2ccccc2)c1)C1CCCC1. The molecular formula is C15H17N3O. The highest BCUT2D eigenvalue weighted by Crippen LogP contribution is 2.26. The van der Waals surface area contributed by atoms with Gasteiger partial charge in [0.15, 0.2) is 0 Å². The van der Waals surface area contributed by atoms with Crippen LogP contribution in [-0.2, 0) is 4.79 Å². The van der Waals surface area contributed by atoms with E-state index in [1.54, 1.807) is 10.9 Å². The summed E-state index contributed by atoms with van der Waals surface area (Å²) in [5.41, 5.74) is 1.75. The Morgan fingerprint density at radius 2 is 1.95 bits per heavy atom. The van der Waals surface area contributed by atoms with Crippen molar-refractivity contribution in [3.8, 4) is 5.69 Å². The van der Waals surface area contributed by atoms with Crippen LogP contribution in [0.5, 0.6) is 0 Å². The van der Waals surface area contributed by atoms with Crippen LogP contribution in [0.25, 0.3) is 5.69 Å². The summed E-state index contributed by atoms with van der Waals surface area (Å²) in [6.45, 7) is 0. The van der Waals surface area contributed by atoms with Gasteiger partial charge in [-0.05, 0) is 25.0 Å². The molecule has 0 atom stereocenters. The van der Waals surface area contributed by atoms with Crippen LogP contribution in [0.2, 0.25) is 0 Å². The summed E-state index contributed by atoms with van der Waals surface area (Å²) in [7, 11) is 0. The first-order valence-electron chi connectivity index (χ1n) is 6.74. The summed E-state index contributed by atoms with van der Waals surface area (Å²) in [4.78, 5) is 12.0. The van der Waals surface area contributed by atoms with E-state index < -0.39 is 0 Å². The van der Waals surface area contributed by atoms with Gasteiger partial charge < -0.3 is 5.32 Å². The lowest BCUT2D eigenvalue weighted by molar-refractivity contribution is -0.119. The quantitative estimate of drug-likeness (QED) is 0.916. The van der Waals surface area contributed by atoms with E-state index in [9.17, 15) is 4.79 Å². The maximum absolute atomic E-state index is 12.0. The molecule has 2 aromatic rings. The minimum absolute atomic E-state index is 0.130. The van der Waals surface area contributed by atoms with Crippen LogP contribution in [0.1, 0.15) is 25.7 Å². The molecule has 98 valence electrons. The minimum atomic E-state index is 0.130. The van der Waals surface area contributed by atoms with Crippen LogP contribution < -0.4 is 5.32 Å². The lowest BCUT2D eigenvalue weighted by atomic mass is 10.1. The van der Waals surface area contributed by atoms with E-state index in [1.165, 1.54) is 12.8 Å². The first-order valence-corrected chi connectivity index (χ1v) is 6.74. The van der Waals surface area contributed by atoms with Crippen molar-refractivity contribution >= 4 is 11.6 Å². The molecule has 3 rings (SSSR count). The molecule has 0 saturated heterocycles. The van der Waals surface area contributed by atoms with E-state index in [-0.39, 0.29) is 11.8 Å². The summed E-state index contributed by atoms with van der Waals surface area (Å²) >= 11 is 0. The van der Waals surface area contributed by atoms with Crippen molar-refractivity contribution in [3.63, 3.8) is 0 Å². The first-order chi connectivity index (χ1) is 9.33. The van der Waals surface area contributed by atoms with Crippen molar-refractivity contribution in [3.05, 3.63) is 42.7 Å². The molecule has 1 saturated carbocycles. The third kappa shape index (κ3) is 2.67. The number of hydrogen-bond acceptors (Lipinski definition) is 2. The number of amides is 1. The number of benzene rings is 1. The lowest BCUT2D eigenvalue weighted by Gasteiger charge is -2.08. The monoisotopic (exact) mass is 255 g/mol. The molecule has 1 heterocycles. The fourth-order valence-electron chi connectivity index (χ4n) is 2.54. The van der Waals surface area contributed by atoms with Crippen molar-refractivity contribution < 1.29 is 4.79 Å². The molecule has 0 unspecified atom stereocenters. The summed E-state index contributed by atoms with van der Waals surface area (Å²) < 4.78 is 1.77. The molecule has 1 aromatic heterocycles. The second-order valence-corrected chi connectivity index (χ2v) is 4.98. The van der Waals surface area contributed by atoms with E-state index in [1.807, 2.05) is 36.5 Å². The maximum Gasteiger partial charge on any atom is 0.227 e. The Morgan fingerprint density at radius 3 is 2.68 bits per heavy atom. The van der Waals surface area contributed by atoms with Gasteiger partial charge >= 0.3 is 0 Å². The first kappa shape index (κ1) is 12.0. The highest BCUT2D eigenvalue weighted by Gasteiger charge is 2.22. The van der Waals surface area contributed by atoms with Gasteiger partial charge in [0.1, 0.15) is 0 Å². The second kappa shape index (κ2) is 5.26. The number of aromatic nitrogens is 2. The van der Waals surface area contributed by atoms with Crippen molar-refractivity contribution in [2.24, 2.45) is 5.92 Å². The standard InChI is InChI=1S/C15H17N3O/c19-15(12-6-4-5-7-12)17-13-10-16-18(11-13)14-8-2-1-3-9-14/h1-3,8-12H,4-7H2,(H,17,19). The van der Waals surface area contributed by atoms with Gasteiger partial charge in [0.25, 0.3) is 0 Å². The van der Waals surface area contributed by atoms with E-state index >= 15 is 0 Å². The Hall–Kier alpha value is -2.10. The average Bonchev–Trinajstić information content (AvgIpc) is 3.11. The van der Waals surface area contributed by atoms with E-state index in [2.05, 4.69) is 10.4 Å². The molecule has 0 spiro atoms. The van der Waals surface area contributed by atoms with Crippen LogP contribution in [0, 0.1) is 5.92 Å². The molecule has 0 aliphatic heterocycles. The van der Waals surface area contributed by atoms with Gasteiger partial charge in [0.05, 0.1) is 23.8 Å². The molecule has 1 aromatic carbocycles. The molecule has 4 heteroatoms. The Kier molecular flexibility index (Phi) is 3.31. The number of hydrogen-bond donors (Lipinski definition) is 1. The number of carbonyl (C=O) groups is 1. The molecular weight excluding hydrogens is 238 g/mol. The molecule has 0 bridgehead atoms. The Balaban J connectivity index is 1.70. The zero-order chi connectivity index (χ0) is 13.1. The zero-order valence-corrected chi connectivity index (χ0v) is 10.7. The topological polar surface area (TPSA) is 46.9 Å². The normalized spacial score (nSPS) is 15.6. The molecule has 19 heavy (non-hydrogen) atoms. The van der Waals surface area contributed by atoms with Crippen molar-refractivity contribution in [1.29, 1.82) is 0 Å². The third-order valence-electron chi connectivity index (χ3n) is 3.60. The largest absolute Gasteiger partial charge is 0.323 e. The minimum Gasteiger partial charge on any atom is -0.323 e. The van der Waals surface area contributed by atoms with Crippen molar-refractivity contribution in [1.82, 2.24) is 9.78 Å². The number of nitrogens with zero attached hydrogens (tertiary/aromatic N) is 2. The predicted molar refractivity (Wildman–Crippen MR) is 74.2 cm³/mol. The average molecular weight is 255 g/mol. The van der Waals surface area contributed by atoms with E-state index in [0.717, 1.165) is 24.2 Å². The van der Waals surface area contributed by atoms with E-state index in [0.29, 0.717) is 0 Å². The summed E-state index contributed by atoms with van der Waals surface area (Å²) in [5, 5.41) is 7.22. The van der Waals surface area contributed by atoms with Crippen LogP contribution in [0.4, 0.5) is 5.69 Å². The summed E-state index contributed by atoms with van der Waals surface area (Å²) in [6, 6.07) is 9.86. The predicted octanol–water partition coefficient (Wildman–Crippen LogP) is 3.00. The molecule has 1 N–H and O–H groups in total. The number of carbonyl (C=O) groups excluding carboxylic acids is 1. The smallest absolute Gasteiger partial charge is 0.227 e. The van der Waals surface area contributed by atoms with Crippen molar-refractivity contribution in [2.75, 3.05) is 5.32 Å². The number of rotatable bonds is 3. The number of para-hydroxylation sites is 1. The fourth-order valence-corrected chi connectivity index (χ4v) is 2.54. The maximum atomic E-state index is 12.0. The Morgan fingerprint density at radius 1 is 1.21 bits per heavy atom. The van der Waals surface area contributed by atoms with Gasteiger partial charge in [-0.25, -0.2) is 4.68 Å². The molecule has 0 radical (unpaired) electrons. The van der Waals surface area contributed by atoms with Gasteiger partial charge in [-0.2, -0.15) is 5.10 Å². The van der Waals surface area contributed by atoms with Gasteiger partial charge in [-0.1, -0.05) is 31.0 Å². The Bertz CT molecular complexity index is 556. The number of nitrogens with one attached hydrogen (secondary N) is 1. The Labute approximate surface area is 112 Å². The zero-order valence-electron chi connectivity index (χ0n) is 10.7. The van der Waals surface area contributed by atoms with Crippen LogP contribution in [0.15, 0.2) is 42.7 Å². The fraction of sp³-hybridized carbons (Fsp3) is 0.333. The van der Waals surface area contributed by atoms with Gasteiger partial charge in [-0.15, -0.1) is 0 Å². The van der Waals surface area contributed by atoms with Gasteiger partial charge in [0, 0.05) is 5.92 Å². The molecule has 1 fully saturated rings. The second-order valence-electron chi connectivity index (χ2n) is 4.98. The summed E-state index contributed by atoms with van der Waals surface area (Å²) in [6.07, 6.45) is 7.90. The highest BCUT2D eigenvalue weighted by molar-refractivity contribution is 5.92. The molecule has 1 aliphatic rings. The van der Waals surface area contributed by atoms with Crippen molar-refractivity contribution in [2.45, 2.75) is 25.7 Å². The van der Waals surface area contributed by atoms with Gasteiger partial charge in [-0.3, -0.25) is 4.79 Å². The third-order valence-corrected chi connectivity index (χ3v) is 3.60. The van der Waals surface area contributed by atoms with E-state index in [4.69, 9.17) is 0 Å². The molecule has 4 nitrogen and oxygen atoms in total. The van der Waals surface area contributed by atoms with Crippen LogP contribution >= 0.6 is 0 Å². The lowest BCUT2D eigenvalue weighted by Crippen LogP contribution is -2.19. The summed E-state index contributed by atoms with van der Waals surface area (Å²) in [5.74, 6) is 0.310.